The molecule has 0 fully saturated rings. The van der Waals surface area contributed by atoms with E-state index in [1.807, 2.05) is 37.4 Å². The molecular weight excluding hydrogens is 457 g/mol. The van der Waals surface area contributed by atoms with Crippen LogP contribution in [0.15, 0.2) is 49.8 Å². The Hall–Kier alpha value is 0.130. The maximum atomic E-state index is 6.35. The molecule has 5 heteroatoms. The lowest BCUT2D eigenvalue weighted by Gasteiger charge is -2.20. The molecule has 0 saturated heterocycles. The van der Waals surface area contributed by atoms with Crippen molar-refractivity contribution in [3.8, 4) is 0 Å². The number of hydrogen-bond donors (Lipinski definition) is 1. The van der Waals surface area contributed by atoms with E-state index in [2.05, 4.69) is 59.2 Å². The van der Waals surface area contributed by atoms with Gasteiger partial charge in [-0.05, 0) is 48.5 Å². The molecule has 0 spiro atoms. The van der Waals surface area contributed by atoms with Crippen molar-refractivity contribution in [2.75, 3.05) is 7.05 Å². The summed E-state index contributed by atoms with van der Waals surface area (Å²) >= 11 is 16.9. The maximum absolute atomic E-state index is 6.35. The number of nitrogens with one attached hydrogen (secondary N) is 1. The van der Waals surface area contributed by atoms with Gasteiger partial charge in [-0.25, -0.2) is 0 Å². The Balaban J connectivity index is 2.52. The fourth-order valence-corrected chi connectivity index (χ4v) is 3.59. The molecule has 2 aromatic carbocycles. The zero-order valence-electron chi connectivity index (χ0n) is 10.1. The minimum absolute atomic E-state index is 0.0347. The Morgan fingerprint density at radius 3 is 2.21 bits per heavy atom. The second-order valence-electron chi connectivity index (χ2n) is 4.05. The third kappa shape index (κ3) is 3.61. The molecule has 19 heavy (non-hydrogen) atoms. The van der Waals surface area contributed by atoms with Gasteiger partial charge in [0.25, 0.3) is 0 Å². The predicted octanol–water partition coefficient (Wildman–Crippen LogP) is 5.94. The van der Waals surface area contributed by atoms with Crippen LogP contribution in [-0.4, -0.2) is 7.05 Å². The Bertz CT molecular complexity index is 601. The molecule has 0 heterocycles. The summed E-state index contributed by atoms with van der Waals surface area (Å²) < 4.78 is 3.07. The van der Waals surface area contributed by atoms with Crippen LogP contribution in [0.1, 0.15) is 17.2 Å². The number of hydrogen-bond acceptors (Lipinski definition) is 1. The molecule has 0 bridgehead atoms. The zero-order chi connectivity index (χ0) is 14.0. The summed E-state index contributed by atoms with van der Waals surface area (Å²) in [5.74, 6) is 0. The van der Waals surface area contributed by atoms with Crippen LogP contribution in [0.4, 0.5) is 0 Å². The van der Waals surface area contributed by atoms with Gasteiger partial charge in [-0.2, -0.15) is 0 Å². The van der Waals surface area contributed by atoms with Crippen molar-refractivity contribution in [3.63, 3.8) is 0 Å². The minimum Gasteiger partial charge on any atom is -0.309 e. The first-order valence-corrected chi connectivity index (χ1v) is 8.35. The molecule has 100 valence electrons. The fourth-order valence-electron chi connectivity index (χ4n) is 1.95. The summed E-state index contributed by atoms with van der Waals surface area (Å²) in [5, 5.41) is 4.05. The summed E-state index contributed by atoms with van der Waals surface area (Å²) in [6, 6.07) is 12.1. The zero-order valence-corrected chi connectivity index (χ0v) is 15.6. The van der Waals surface area contributed by atoms with Gasteiger partial charge < -0.3 is 5.32 Å². The van der Waals surface area contributed by atoms with Gasteiger partial charge in [0, 0.05) is 18.4 Å². The van der Waals surface area contributed by atoms with Crippen LogP contribution in [0.2, 0.25) is 5.02 Å². The SMILES string of the molecule is CNC(c1ccc(Br)cc1Cl)c1cc(Br)ccc1Br. The first-order chi connectivity index (χ1) is 9.02. The highest BCUT2D eigenvalue weighted by Crippen LogP contribution is 2.35. The second-order valence-corrected chi connectivity index (χ2v) is 7.15. The van der Waals surface area contributed by atoms with E-state index in [9.17, 15) is 0 Å². The molecule has 0 aliphatic carbocycles. The summed E-state index contributed by atoms with van der Waals surface area (Å²) in [7, 11) is 1.93. The smallest absolute Gasteiger partial charge is 0.0600 e. The summed E-state index contributed by atoms with van der Waals surface area (Å²) in [6.45, 7) is 0. The Labute approximate surface area is 143 Å². The molecule has 0 amide bonds. The lowest BCUT2D eigenvalue weighted by molar-refractivity contribution is 0.688. The molecule has 1 atom stereocenters. The van der Waals surface area contributed by atoms with Crippen LogP contribution in [0, 0.1) is 0 Å². The van der Waals surface area contributed by atoms with Crippen molar-refractivity contribution in [3.05, 3.63) is 66.0 Å². The van der Waals surface area contributed by atoms with Crippen molar-refractivity contribution in [1.29, 1.82) is 0 Å². The quantitative estimate of drug-likeness (QED) is 0.588. The van der Waals surface area contributed by atoms with Crippen molar-refractivity contribution in [2.45, 2.75) is 6.04 Å². The van der Waals surface area contributed by atoms with Crippen LogP contribution in [0.5, 0.6) is 0 Å². The Morgan fingerprint density at radius 1 is 0.947 bits per heavy atom. The minimum atomic E-state index is 0.0347. The Morgan fingerprint density at radius 2 is 1.58 bits per heavy atom. The van der Waals surface area contributed by atoms with Gasteiger partial charge in [-0.1, -0.05) is 65.5 Å². The first-order valence-electron chi connectivity index (χ1n) is 5.60. The second kappa shape index (κ2) is 6.72. The van der Waals surface area contributed by atoms with E-state index in [4.69, 9.17) is 11.6 Å². The van der Waals surface area contributed by atoms with Gasteiger partial charge in [0.2, 0.25) is 0 Å². The standard InChI is InChI=1S/C14H11Br3ClN/c1-19-14(10-4-2-9(16)7-13(10)18)11-6-8(15)3-5-12(11)17/h2-7,14,19H,1H3. The third-order valence-electron chi connectivity index (χ3n) is 2.83. The highest BCUT2D eigenvalue weighted by molar-refractivity contribution is 9.11. The topological polar surface area (TPSA) is 12.0 Å². The van der Waals surface area contributed by atoms with E-state index < -0.39 is 0 Å². The van der Waals surface area contributed by atoms with Crippen molar-refractivity contribution in [1.82, 2.24) is 5.32 Å². The lowest BCUT2D eigenvalue weighted by atomic mass is 9.99. The molecule has 2 aromatic rings. The van der Waals surface area contributed by atoms with Gasteiger partial charge in [0.15, 0.2) is 0 Å². The van der Waals surface area contributed by atoms with E-state index >= 15 is 0 Å². The molecule has 0 aromatic heterocycles. The van der Waals surface area contributed by atoms with E-state index in [0.29, 0.717) is 0 Å². The highest BCUT2D eigenvalue weighted by atomic mass is 79.9. The first kappa shape index (κ1) is 15.5. The molecule has 0 aliphatic rings. The van der Waals surface area contributed by atoms with Crippen molar-refractivity contribution in [2.24, 2.45) is 0 Å². The molecular formula is C14H11Br3ClN. The number of rotatable bonds is 3. The average molecular weight is 468 g/mol. The van der Waals surface area contributed by atoms with E-state index in [1.54, 1.807) is 0 Å². The lowest BCUT2D eigenvalue weighted by Crippen LogP contribution is -2.18. The van der Waals surface area contributed by atoms with Crippen LogP contribution in [0.3, 0.4) is 0 Å². The molecule has 0 saturated carbocycles. The van der Waals surface area contributed by atoms with Gasteiger partial charge in [-0.15, -0.1) is 0 Å². The highest BCUT2D eigenvalue weighted by Gasteiger charge is 2.18. The largest absolute Gasteiger partial charge is 0.309 e. The van der Waals surface area contributed by atoms with Crippen molar-refractivity contribution >= 4 is 59.4 Å². The van der Waals surface area contributed by atoms with Gasteiger partial charge in [-0.3, -0.25) is 0 Å². The normalized spacial score (nSPS) is 12.5. The van der Waals surface area contributed by atoms with Gasteiger partial charge in [0.1, 0.15) is 0 Å². The fraction of sp³-hybridized carbons (Fsp3) is 0.143. The monoisotopic (exact) mass is 465 g/mol. The molecule has 1 N–H and O–H groups in total. The van der Waals surface area contributed by atoms with Crippen LogP contribution in [-0.2, 0) is 0 Å². The summed E-state index contributed by atoms with van der Waals surface area (Å²) in [6.07, 6.45) is 0. The van der Waals surface area contributed by atoms with Gasteiger partial charge >= 0.3 is 0 Å². The van der Waals surface area contributed by atoms with Gasteiger partial charge in [0.05, 0.1) is 6.04 Å². The Kier molecular flexibility index (Phi) is 5.49. The number of benzene rings is 2. The molecule has 1 unspecified atom stereocenters. The number of halogens is 4. The van der Waals surface area contributed by atoms with E-state index in [1.165, 1.54) is 0 Å². The summed E-state index contributed by atoms with van der Waals surface area (Å²) in [4.78, 5) is 0. The molecule has 0 aliphatic heterocycles. The molecule has 2 rings (SSSR count). The van der Waals surface area contributed by atoms with E-state index in [0.717, 1.165) is 29.6 Å². The predicted molar refractivity (Wildman–Crippen MR) is 91.9 cm³/mol. The summed E-state index contributed by atoms with van der Waals surface area (Å²) in [5.41, 5.74) is 2.19. The molecule has 0 radical (unpaired) electrons. The molecule has 1 nitrogen and oxygen atoms in total. The maximum Gasteiger partial charge on any atom is 0.0600 e. The van der Waals surface area contributed by atoms with E-state index in [-0.39, 0.29) is 6.04 Å². The van der Waals surface area contributed by atoms with Crippen molar-refractivity contribution < 1.29 is 0 Å². The van der Waals surface area contributed by atoms with Crippen LogP contribution < -0.4 is 5.32 Å². The van der Waals surface area contributed by atoms with Crippen LogP contribution in [0.25, 0.3) is 0 Å². The van der Waals surface area contributed by atoms with Crippen LogP contribution >= 0.6 is 59.4 Å². The average Bonchev–Trinajstić information content (AvgIpc) is 2.36. The third-order valence-corrected chi connectivity index (χ3v) is 4.87.